The molecule has 1 aromatic carbocycles. The van der Waals surface area contributed by atoms with Crippen molar-refractivity contribution in [1.29, 1.82) is 0 Å². The average Bonchev–Trinajstić information content (AvgIpc) is 3.31. The van der Waals surface area contributed by atoms with Crippen molar-refractivity contribution in [3.05, 3.63) is 35.9 Å². The Balaban J connectivity index is 1.41. The van der Waals surface area contributed by atoms with Gasteiger partial charge in [-0.15, -0.1) is 0 Å². The summed E-state index contributed by atoms with van der Waals surface area (Å²) in [6, 6.07) is 10.2. The van der Waals surface area contributed by atoms with Gasteiger partial charge in [0, 0.05) is 37.9 Å². The number of nitrogens with one attached hydrogen (secondary N) is 3. The van der Waals surface area contributed by atoms with Gasteiger partial charge in [-0.2, -0.15) is 0 Å². The zero-order valence-electron chi connectivity index (χ0n) is 24.5. The molecule has 2 aliphatic heterocycles. The predicted molar refractivity (Wildman–Crippen MR) is 156 cm³/mol. The molecule has 2 bridgehead atoms. The quantitative estimate of drug-likeness (QED) is 0.385. The van der Waals surface area contributed by atoms with E-state index in [1.165, 1.54) is 19.3 Å². The fourth-order valence-electron chi connectivity index (χ4n) is 7.07. The van der Waals surface area contributed by atoms with Crippen molar-refractivity contribution in [3.63, 3.8) is 0 Å². The highest BCUT2D eigenvalue weighted by molar-refractivity contribution is 5.85. The minimum absolute atomic E-state index is 0.0282. The maximum atomic E-state index is 13.8. The van der Waals surface area contributed by atoms with Crippen molar-refractivity contribution < 1.29 is 19.2 Å². The number of rotatable bonds is 9. The van der Waals surface area contributed by atoms with Gasteiger partial charge in [-0.25, -0.2) is 5.48 Å². The summed E-state index contributed by atoms with van der Waals surface area (Å²) in [5.74, 6) is 0.854. The second-order valence-electron chi connectivity index (χ2n) is 12.6. The minimum atomic E-state index is -0.410. The van der Waals surface area contributed by atoms with Gasteiger partial charge in [-0.3, -0.25) is 24.1 Å². The summed E-state index contributed by atoms with van der Waals surface area (Å²) in [7, 11) is 0. The van der Waals surface area contributed by atoms with Crippen LogP contribution in [0.3, 0.4) is 0 Å². The molecule has 222 valence electrons. The van der Waals surface area contributed by atoms with Crippen LogP contribution >= 0.6 is 0 Å². The molecule has 0 aromatic heterocycles. The Kier molecular flexibility index (Phi) is 11.8. The van der Waals surface area contributed by atoms with Gasteiger partial charge >= 0.3 is 0 Å². The van der Waals surface area contributed by atoms with E-state index >= 15 is 0 Å². The summed E-state index contributed by atoms with van der Waals surface area (Å²) in [5, 5.41) is 6.53. The molecule has 1 aromatic rings. The van der Waals surface area contributed by atoms with E-state index < -0.39 is 5.92 Å². The van der Waals surface area contributed by atoms with Gasteiger partial charge in [0.05, 0.1) is 12.8 Å². The van der Waals surface area contributed by atoms with E-state index in [1.54, 1.807) is 0 Å². The zero-order valence-corrected chi connectivity index (χ0v) is 24.5. The second-order valence-corrected chi connectivity index (χ2v) is 12.6. The number of nitrogens with zero attached hydrogens (tertiary/aromatic N) is 1. The third kappa shape index (κ3) is 9.03. The molecule has 4 rings (SSSR count). The molecule has 0 spiro atoms. The van der Waals surface area contributed by atoms with Crippen molar-refractivity contribution in [3.8, 4) is 0 Å². The Bertz CT molecular complexity index is 955. The van der Waals surface area contributed by atoms with Gasteiger partial charge < -0.3 is 10.6 Å². The maximum absolute atomic E-state index is 13.8. The molecule has 6 atom stereocenters. The first kappa shape index (κ1) is 30.5. The molecule has 2 heterocycles. The molecular formula is C32H50N4O4. The summed E-state index contributed by atoms with van der Waals surface area (Å²) in [6.45, 7) is 6.14. The fourth-order valence-corrected chi connectivity index (χ4v) is 7.07. The van der Waals surface area contributed by atoms with Crippen LogP contribution in [-0.2, 0) is 25.8 Å². The molecule has 40 heavy (non-hydrogen) atoms. The van der Waals surface area contributed by atoms with Gasteiger partial charge in [0.25, 0.3) is 0 Å². The Labute approximate surface area is 240 Å². The number of fused-ring (bicyclic) bond motifs is 5. The smallest absolute Gasteiger partial charge is 0.244 e. The predicted octanol–water partition coefficient (Wildman–Crippen LogP) is 4.69. The standard InChI is InChI=1S/C32H50N4O4/c1-23(2)19-26(20-31(38)35-40-22-24-11-5-3-6-12-24)32(39)34-29-15-7-4-10-18-33-30(37)17-16-25-21-36(29)28-14-9-8-13-27(25)28/h3,5-6,11-12,23,25-29H,4,7-10,13-22H2,1-2H3,(H,33,37)(H,34,39)(H,35,38)/t25?,26-,27?,28?,29?/m1/s1. The first-order valence-electron chi connectivity index (χ1n) is 15.7. The van der Waals surface area contributed by atoms with Crippen molar-refractivity contribution in [2.75, 3.05) is 13.1 Å². The van der Waals surface area contributed by atoms with Crippen LogP contribution in [0.2, 0.25) is 0 Å². The number of amides is 3. The Hall–Kier alpha value is -2.45. The van der Waals surface area contributed by atoms with Crippen LogP contribution < -0.4 is 16.1 Å². The lowest BCUT2D eigenvalue weighted by atomic mass is 9.78. The third-order valence-corrected chi connectivity index (χ3v) is 9.01. The van der Waals surface area contributed by atoms with E-state index in [9.17, 15) is 14.4 Å². The molecule has 3 amide bonds. The Morgan fingerprint density at radius 3 is 2.60 bits per heavy atom. The van der Waals surface area contributed by atoms with Crippen molar-refractivity contribution >= 4 is 17.7 Å². The largest absolute Gasteiger partial charge is 0.356 e. The van der Waals surface area contributed by atoms with E-state index in [-0.39, 0.29) is 42.8 Å². The van der Waals surface area contributed by atoms with E-state index in [4.69, 9.17) is 4.84 Å². The van der Waals surface area contributed by atoms with Crippen LogP contribution in [0, 0.1) is 23.7 Å². The second kappa shape index (κ2) is 15.5. The molecular weight excluding hydrogens is 504 g/mol. The fraction of sp³-hybridized carbons (Fsp3) is 0.719. The Morgan fingerprint density at radius 2 is 1.80 bits per heavy atom. The van der Waals surface area contributed by atoms with Gasteiger partial charge in [-0.1, -0.05) is 63.4 Å². The summed E-state index contributed by atoms with van der Waals surface area (Å²) in [4.78, 5) is 47.0. The van der Waals surface area contributed by atoms with E-state index in [1.807, 2.05) is 30.3 Å². The lowest BCUT2D eigenvalue weighted by Gasteiger charge is -2.38. The van der Waals surface area contributed by atoms with Crippen molar-refractivity contribution in [2.24, 2.45) is 23.7 Å². The summed E-state index contributed by atoms with van der Waals surface area (Å²) in [5.41, 5.74) is 3.52. The number of carbonyl (C=O) groups is 3. The van der Waals surface area contributed by atoms with Crippen LogP contribution in [0.15, 0.2) is 30.3 Å². The van der Waals surface area contributed by atoms with E-state index in [0.29, 0.717) is 30.7 Å². The van der Waals surface area contributed by atoms with Gasteiger partial charge in [0.2, 0.25) is 17.7 Å². The summed E-state index contributed by atoms with van der Waals surface area (Å²) in [6.07, 6.45) is 11.0. The number of benzene rings is 1. The Morgan fingerprint density at radius 1 is 1.02 bits per heavy atom. The lowest BCUT2D eigenvalue weighted by Crippen LogP contribution is -2.53. The van der Waals surface area contributed by atoms with Crippen LogP contribution in [-0.4, -0.2) is 47.9 Å². The molecule has 1 aliphatic carbocycles. The first-order chi connectivity index (χ1) is 19.4. The highest BCUT2D eigenvalue weighted by atomic mass is 16.6. The minimum Gasteiger partial charge on any atom is -0.356 e. The van der Waals surface area contributed by atoms with Gasteiger partial charge in [0.15, 0.2) is 0 Å². The molecule has 3 N–H and O–H groups in total. The monoisotopic (exact) mass is 554 g/mol. The zero-order chi connectivity index (χ0) is 28.3. The first-order valence-corrected chi connectivity index (χ1v) is 15.7. The molecule has 3 aliphatic rings. The van der Waals surface area contributed by atoms with E-state index in [0.717, 1.165) is 57.2 Å². The summed E-state index contributed by atoms with van der Waals surface area (Å²) < 4.78 is 0. The number of carbonyl (C=O) groups excluding carboxylic acids is 3. The van der Waals surface area contributed by atoms with Crippen LogP contribution in [0.5, 0.6) is 0 Å². The van der Waals surface area contributed by atoms with Crippen LogP contribution in [0.4, 0.5) is 0 Å². The van der Waals surface area contributed by atoms with Crippen LogP contribution in [0.25, 0.3) is 0 Å². The van der Waals surface area contributed by atoms with Crippen molar-refractivity contribution in [1.82, 2.24) is 21.0 Å². The molecule has 8 heteroatoms. The van der Waals surface area contributed by atoms with Crippen molar-refractivity contribution in [2.45, 2.75) is 110 Å². The molecule has 3 fully saturated rings. The van der Waals surface area contributed by atoms with Gasteiger partial charge in [0.1, 0.15) is 0 Å². The highest BCUT2D eigenvalue weighted by Gasteiger charge is 2.45. The maximum Gasteiger partial charge on any atom is 0.244 e. The molecule has 5 unspecified atom stereocenters. The molecule has 2 saturated heterocycles. The molecule has 1 saturated carbocycles. The van der Waals surface area contributed by atoms with Crippen LogP contribution in [0.1, 0.15) is 96.5 Å². The highest BCUT2D eigenvalue weighted by Crippen LogP contribution is 2.43. The normalized spacial score (nSPS) is 28.3. The average molecular weight is 555 g/mol. The van der Waals surface area contributed by atoms with Gasteiger partial charge in [-0.05, 0) is 68.3 Å². The topological polar surface area (TPSA) is 99.8 Å². The SMILES string of the molecule is CC(C)C[C@H](CC(=O)NOCc1ccccc1)C(=O)NC1CCCCCNC(=O)CCC2CN1C1CCCCC21. The molecule has 8 nitrogen and oxygen atoms in total. The summed E-state index contributed by atoms with van der Waals surface area (Å²) >= 11 is 0. The number of hydrogen-bond donors (Lipinski definition) is 3. The lowest BCUT2D eigenvalue weighted by molar-refractivity contribution is -0.139. The van der Waals surface area contributed by atoms with E-state index in [2.05, 4.69) is 34.9 Å². The third-order valence-electron chi connectivity index (χ3n) is 9.01. The number of hydroxylamine groups is 1. The molecule has 0 radical (unpaired) electrons. The number of hydrogen-bond acceptors (Lipinski definition) is 5.